The van der Waals surface area contributed by atoms with Gasteiger partial charge in [0.25, 0.3) is 0 Å². The van der Waals surface area contributed by atoms with E-state index in [1.807, 2.05) is 0 Å². The molecule has 0 aromatic rings. The lowest BCUT2D eigenvalue weighted by molar-refractivity contribution is 0.138. The number of hydrogen-bond acceptors (Lipinski definition) is 0. The average Bonchev–Trinajstić information content (AvgIpc) is 2.58. The van der Waals surface area contributed by atoms with E-state index < -0.39 is 12.3 Å². The smallest absolute Gasteiger partial charge is 0.135 e. The third-order valence-corrected chi connectivity index (χ3v) is 6.82. The minimum atomic E-state index is -1.24. The lowest BCUT2D eigenvalue weighted by atomic mass is 9.69. The number of hydrogen-bond donors (Lipinski definition) is 0. The van der Waals surface area contributed by atoms with E-state index in [1.165, 1.54) is 56.1 Å². The van der Waals surface area contributed by atoms with Gasteiger partial charge in [-0.15, -0.1) is 0 Å². The van der Waals surface area contributed by atoms with E-state index in [9.17, 15) is 8.78 Å². The maximum atomic E-state index is 13.6. The molecule has 2 unspecified atom stereocenters. The Kier molecular flexibility index (Phi) is 5.57. The Morgan fingerprint density at radius 2 is 1.32 bits per heavy atom. The van der Waals surface area contributed by atoms with Crippen molar-refractivity contribution in [3.8, 4) is 0 Å². The summed E-state index contributed by atoms with van der Waals surface area (Å²) in [6.07, 6.45) is 11.2. The summed E-state index contributed by atoms with van der Waals surface area (Å²) in [4.78, 5) is 0. The van der Waals surface area contributed by atoms with Crippen molar-refractivity contribution >= 4 is 0 Å². The molecule has 3 rings (SSSR count). The molecule has 3 fully saturated rings. The van der Waals surface area contributed by atoms with Gasteiger partial charge in [0.2, 0.25) is 0 Å². The van der Waals surface area contributed by atoms with Crippen LogP contribution >= 0.6 is 0 Å². The van der Waals surface area contributed by atoms with E-state index >= 15 is 0 Å². The molecule has 0 nitrogen and oxygen atoms in total. The summed E-state index contributed by atoms with van der Waals surface area (Å²) in [5.41, 5.74) is 2.77. The van der Waals surface area contributed by atoms with Gasteiger partial charge in [0.05, 0.1) is 0 Å². The molecule has 0 radical (unpaired) electrons. The molecule has 3 aliphatic carbocycles. The Balaban J connectivity index is 1.50. The molecule has 0 bridgehead atoms. The van der Waals surface area contributed by atoms with Crippen molar-refractivity contribution in [1.82, 2.24) is 0 Å². The van der Waals surface area contributed by atoms with Crippen LogP contribution in [-0.4, -0.2) is 12.3 Å². The van der Waals surface area contributed by atoms with Crippen LogP contribution in [0, 0.1) is 17.8 Å². The maximum Gasteiger partial charge on any atom is 0.135 e. The highest BCUT2D eigenvalue weighted by Gasteiger charge is 2.32. The van der Waals surface area contributed by atoms with Gasteiger partial charge in [0, 0.05) is 6.42 Å². The Morgan fingerprint density at radius 1 is 0.727 bits per heavy atom. The zero-order valence-electron chi connectivity index (χ0n) is 14.1. The Labute approximate surface area is 134 Å². The van der Waals surface area contributed by atoms with Crippen molar-refractivity contribution in [3.63, 3.8) is 0 Å². The molecule has 0 aromatic heterocycles. The van der Waals surface area contributed by atoms with Crippen LogP contribution in [0.2, 0.25) is 0 Å². The van der Waals surface area contributed by atoms with Crippen molar-refractivity contribution in [2.24, 2.45) is 17.8 Å². The fourth-order valence-electron chi connectivity index (χ4n) is 5.16. The quantitative estimate of drug-likeness (QED) is 0.507. The van der Waals surface area contributed by atoms with Gasteiger partial charge < -0.3 is 0 Å². The van der Waals surface area contributed by atoms with Crippen LogP contribution in [0.4, 0.5) is 8.78 Å². The van der Waals surface area contributed by atoms with Gasteiger partial charge in [-0.05, 0) is 69.1 Å². The van der Waals surface area contributed by atoms with Crippen LogP contribution in [0.15, 0.2) is 11.1 Å². The topological polar surface area (TPSA) is 0 Å². The molecule has 0 saturated heterocycles. The Hall–Kier alpha value is -0.400. The second-order valence-electron chi connectivity index (χ2n) is 8.01. The molecule has 2 heteroatoms. The summed E-state index contributed by atoms with van der Waals surface area (Å²) >= 11 is 0. The molecule has 126 valence electrons. The van der Waals surface area contributed by atoms with Crippen molar-refractivity contribution in [1.29, 1.82) is 0 Å². The first kappa shape index (κ1) is 16.5. The summed E-state index contributed by atoms with van der Waals surface area (Å²) in [7, 11) is 0. The maximum absolute atomic E-state index is 13.6. The highest BCUT2D eigenvalue weighted by atomic mass is 19.2. The van der Waals surface area contributed by atoms with Crippen LogP contribution in [0.1, 0.15) is 84.0 Å². The molecule has 2 atom stereocenters. The fourth-order valence-corrected chi connectivity index (χ4v) is 5.16. The van der Waals surface area contributed by atoms with Gasteiger partial charge in [-0.3, -0.25) is 0 Å². The summed E-state index contributed by atoms with van der Waals surface area (Å²) in [6.45, 7) is 2.33. The first-order valence-electron chi connectivity index (χ1n) is 9.65. The standard InChI is InChI=1S/C20H32F2/c1-2-14-3-5-15(6-4-14)16-7-9-17(10-8-16)18-11-12-19(21)20(22)13-18/h14-16,19-20H,2-13H2,1H3. The summed E-state index contributed by atoms with van der Waals surface area (Å²) in [6, 6.07) is 0. The lowest BCUT2D eigenvalue weighted by Crippen LogP contribution is -2.26. The van der Waals surface area contributed by atoms with Crippen LogP contribution in [0.3, 0.4) is 0 Å². The molecule has 0 N–H and O–H groups in total. The molecule has 0 aromatic carbocycles. The van der Waals surface area contributed by atoms with E-state index in [0.29, 0.717) is 12.8 Å². The molecule has 3 aliphatic rings. The van der Waals surface area contributed by atoms with Crippen LogP contribution in [0.5, 0.6) is 0 Å². The third-order valence-electron chi connectivity index (χ3n) is 6.82. The molecule has 0 spiro atoms. The summed E-state index contributed by atoms with van der Waals surface area (Å²) in [5, 5.41) is 0. The van der Waals surface area contributed by atoms with E-state index in [4.69, 9.17) is 0 Å². The second kappa shape index (κ2) is 7.45. The largest absolute Gasteiger partial charge is 0.244 e. The van der Waals surface area contributed by atoms with Gasteiger partial charge in [0.1, 0.15) is 12.3 Å². The summed E-state index contributed by atoms with van der Waals surface area (Å²) in [5.74, 6) is 2.83. The molecule has 22 heavy (non-hydrogen) atoms. The zero-order valence-corrected chi connectivity index (χ0v) is 14.1. The first-order valence-corrected chi connectivity index (χ1v) is 9.65. The molecule has 0 heterocycles. The minimum absolute atomic E-state index is 0.378. The second-order valence-corrected chi connectivity index (χ2v) is 8.01. The Morgan fingerprint density at radius 3 is 1.91 bits per heavy atom. The molecule has 0 aliphatic heterocycles. The van der Waals surface area contributed by atoms with Crippen LogP contribution < -0.4 is 0 Å². The van der Waals surface area contributed by atoms with E-state index in [0.717, 1.165) is 37.0 Å². The number of alkyl halides is 2. The molecule has 3 saturated carbocycles. The lowest BCUT2D eigenvalue weighted by Gasteiger charge is -2.37. The van der Waals surface area contributed by atoms with Gasteiger partial charge >= 0.3 is 0 Å². The fraction of sp³-hybridized carbons (Fsp3) is 0.900. The number of rotatable bonds is 2. The highest BCUT2D eigenvalue weighted by Crippen LogP contribution is 2.43. The van der Waals surface area contributed by atoms with Gasteiger partial charge in [-0.25, -0.2) is 8.78 Å². The SMILES string of the molecule is CCC1CCC(C2CCC(=C3CCC(F)C(F)C3)CC2)CC1. The Bertz CT molecular complexity index is 383. The zero-order chi connectivity index (χ0) is 15.5. The minimum Gasteiger partial charge on any atom is -0.244 e. The molecular weight excluding hydrogens is 278 g/mol. The van der Waals surface area contributed by atoms with Crippen LogP contribution in [0.25, 0.3) is 0 Å². The van der Waals surface area contributed by atoms with Crippen molar-refractivity contribution in [3.05, 3.63) is 11.1 Å². The summed E-state index contributed by atoms with van der Waals surface area (Å²) < 4.78 is 26.9. The van der Waals surface area contributed by atoms with Crippen LogP contribution in [-0.2, 0) is 0 Å². The van der Waals surface area contributed by atoms with Gasteiger partial charge in [-0.2, -0.15) is 0 Å². The van der Waals surface area contributed by atoms with Crippen molar-refractivity contribution in [2.45, 2.75) is 96.3 Å². The third kappa shape index (κ3) is 3.74. The molecule has 0 amide bonds. The van der Waals surface area contributed by atoms with Gasteiger partial charge in [-0.1, -0.05) is 37.3 Å². The first-order chi connectivity index (χ1) is 10.7. The van der Waals surface area contributed by atoms with E-state index in [1.54, 1.807) is 0 Å². The van der Waals surface area contributed by atoms with Gasteiger partial charge in [0.15, 0.2) is 0 Å². The van der Waals surface area contributed by atoms with E-state index in [2.05, 4.69) is 6.92 Å². The predicted molar refractivity (Wildman–Crippen MR) is 88.4 cm³/mol. The highest BCUT2D eigenvalue weighted by molar-refractivity contribution is 5.19. The molecular formula is C20H32F2. The van der Waals surface area contributed by atoms with Crippen molar-refractivity contribution < 1.29 is 8.78 Å². The van der Waals surface area contributed by atoms with E-state index in [-0.39, 0.29) is 0 Å². The number of allylic oxidation sites excluding steroid dienone is 2. The average molecular weight is 310 g/mol. The normalized spacial score (nSPS) is 40.8. The number of halogens is 2. The van der Waals surface area contributed by atoms with Crippen molar-refractivity contribution in [2.75, 3.05) is 0 Å². The monoisotopic (exact) mass is 310 g/mol. The predicted octanol–water partition coefficient (Wildman–Crippen LogP) is 6.55.